The molecule has 1 rings (SSSR count). The number of aldehydes is 1. The standard InChI is InChI=1S/C11H20N2O/c1-3-4-7-13-9-8-12(2)11(13)6-5-10-14/h8-11H,3-7H2,1-2H3. The van der Waals surface area contributed by atoms with Gasteiger partial charge in [0.15, 0.2) is 0 Å². The molecule has 0 fully saturated rings. The van der Waals surface area contributed by atoms with Crippen LogP contribution >= 0.6 is 0 Å². The second kappa shape index (κ2) is 5.68. The highest BCUT2D eigenvalue weighted by atomic mass is 16.1. The van der Waals surface area contributed by atoms with E-state index in [1.54, 1.807) is 0 Å². The maximum atomic E-state index is 10.3. The first-order chi connectivity index (χ1) is 6.79. The van der Waals surface area contributed by atoms with E-state index in [0.29, 0.717) is 12.6 Å². The average molecular weight is 196 g/mol. The van der Waals surface area contributed by atoms with Crippen LogP contribution in [-0.4, -0.2) is 35.8 Å². The van der Waals surface area contributed by atoms with Crippen LogP contribution in [0.4, 0.5) is 0 Å². The smallest absolute Gasteiger partial charge is 0.120 e. The van der Waals surface area contributed by atoms with E-state index in [2.05, 4.69) is 36.2 Å². The number of carbonyl (C=O) groups is 1. The molecule has 14 heavy (non-hydrogen) atoms. The summed E-state index contributed by atoms with van der Waals surface area (Å²) in [5, 5.41) is 0. The molecule has 80 valence electrons. The Morgan fingerprint density at radius 2 is 2.21 bits per heavy atom. The minimum atomic E-state index is 0.395. The van der Waals surface area contributed by atoms with Crippen LogP contribution in [0.5, 0.6) is 0 Å². The third-order valence-corrected chi connectivity index (χ3v) is 2.66. The van der Waals surface area contributed by atoms with Crippen LogP contribution in [0.3, 0.4) is 0 Å². The Balaban J connectivity index is 2.39. The van der Waals surface area contributed by atoms with Crippen molar-refractivity contribution in [3.8, 4) is 0 Å². The van der Waals surface area contributed by atoms with Crippen LogP contribution in [0.2, 0.25) is 0 Å². The van der Waals surface area contributed by atoms with Crippen molar-refractivity contribution in [1.82, 2.24) is 9.80 Å². The molecule has 3 nitrogen and oxygen atoms in total. The quantitative estimate of drug-likeness (QED) is 0.605. The zero-order chi connectivity index (χ0) is 10.4. The summed E-state index contributed by atoms with van der Waals surface area (Å²) >= 11 is 0. The molecule has 3 heteroatoms. The van der Waals surface area contributed by atoms with Gasteiger partial charge in [0, 0.05) is 32.4 Å². The van der Waals surface area contributed by atoms with E-state index in [1.807, 2.05) is 0 Å². The lowest BCUT2D eigenvalue weighted by atomic mass is 10.2. The maximum Gasteiger partial charge on any atom is 0.120 e. The van der Waals surface area contributed by atoms with E-state index in [9.17, 15) is 4.79 Å². The van der Waals surface area contributed by atoms with Crippen LogP contribution in [0.15, 0.2) is 12.4 Å². The maximum absolute atomic E-state index is 10.3. The van der Waals surface area contributed by atoms with Crippen LogP contribution in [0, 0.1) is 0 Å². The first-order valence-corrected chi connectivity index (χ1v) is 5.39. The minimum absolute atomic E-state index is 0.395. The van der Waals surface area contributed by atoms with Crippen molar-refractivity contribution in [2.75, 3.05) is 13.6 Å². The number of unbranched alkanes of at least 4 members (excludes halogenated alkanes) is 1. The molecule has 0 aromatic rings. The second-order valence-corrected chi connectivity index (χ2v) is 3.78. The summed E-state index contributed by atoms with van der Waals surface area (Å²) in [7, 11) is 2.07. The molecule has 0 aliphatic carbocycles. The van der Waals surface area contributed by atoms with Crippen LogP contribution < -0.4 is 0 Å². The molecule has 1 unspecified atom stereocenters. The van der Waals surface area contributed by atoms with Gasteiger partial charge in [0.1, 0.15) is 12.5 Å². The molecule has 0 radical (unpaired) electrons. The van der Waals surface area contributed by atoms with Crippen LogP contribution in [0.25, 0.3) is 0 Å². The van der Waals surface area contributed by atoms with Crippen molar-refractivity contribution in [3.05, 3.63) is 12.4 Å². The van der Waals surface area contributed by atoms with E-state index in [1.165, 1.54) is 12.8 Å². The fraction of sp³-hybridized carbons (Fsp3) is 0.727. The van der Waals surface area contributed by atoms with Gasteiger partial charge in [-0.3, -0.25) is 0 Å². The molecule has 0 spiro atoms. The first-order valence-electron chi connectivity index (χ1n) is 5.39. The molecule has 0 aromatic heterocycles. The van der Waals surface area contributed by atoms with Gasteiger partial charge in [-0.2, -0.15) is 0 Å². The van der Waals surface area contributed by atoms with Crippen molar-refractivity contribution in [3.63, 3.8) is 0 Å². The molecule has 1 heterocycles. The minimum Gasteiger partial charge on any atom is -0.359 e. The summed E-state index contributed by atoms with van der Waals surface area (Å²) in [6.07, 6.45) is 9.63. The van der Waals surface area contributed by atoms with E-state index in [-0.39, 0.29) is 0 Å². The fourth-order valence-electron chi connectivity index (χ4n) is 1.77. The van der Waals surface area contributed by atoms with Crippen molar-refractivity contribution < 1.29 is 4.79 Å². The van der Waals surface area contributed by atoms with Crippen LogP contribution in [-0.2, 0) is 4.79 Å². The van der Waals surface area contributed by atoms with E-state index >= 15 is 0 Å². The lowest BCUT2D eigenvalue weighted by Crippen LogP contribution is -2.37. The van der Waals surface area contributed by atoms with Crippen molar-refractivity contribution >= 4 is 6.29 Å². The number of hydrogen-bond acceptors (Lipinski definition) is 3. The van der Waals surface area contributed by atoms with Gasteiger partial charge in [0.25, 0.3) is 0 Å². The third kappa shape index (κ3) is 2.76. The normalized spacial score (nSPS) is 20.6. The molecule has 0 N–H and O–H groups in total. The number of carbonyl (C=O) groups excluding carboxylic acids is 1. The molecule has 1 aliphatic heterocycles. The molecule has 1 aliphatic rings. The summed E-state index contributed by atoms with van der Waals surface area (Å²) in [5.74, 6) is 0. The summed E-state index contributed by atoms with van der Waals surface area (Å²) in [6, 6.07) is 0. The predicted molar refractivity (Wildman–Crippen MR) is 57.6 cm³/mol. The molecule has 0 bridgehead atoms. The van der Waals surface area contributed by atoms with Crippen molar-refractivity contribution in [1.29, 1.82) is 0 Å². The van der Waals surface area contributed by atoms with Gasteiger partial charge in [-0.1, -0.05) is 13.3 Å². The summed E-state index contributed by atoms with van der Waals surface area (Å²) in [5.41, 5.74) is 0. The van der Waals surface area contributed by atoms with Gasteiger partial charge >= 0.3 is 0 Å². The predicted octanol–water partition coefficient (Wildman–Crippen LogP) is 1.81. The number of nitrogens with zero attached hydrogens (tertiary/aromatic N) is 2. The summed E-state index contributed by atoms with van der Waals surface area (Å²) < 4.78 is 0. The summed E-state index contributed by atoms with van der Waals surface area (Å²) in [4.78, 5) is 14.8. The van der Waals surface area contributed by atoms with E-state index < -0.39 is 0 Å². The van der Waals surface area contributed by atoms with Gasteiger partial charge in [-0.25, -0.2) is 0 Å². The first kappa shape index (κ1) is 11.1. The SMILES string of the molecule is CCCCN1C=CN(C)C1CCC=O. The van der Waals surface area contributed by atoms with Crippen LogP contribution in [0.1, 0.15) is 32.6 Å². The lowest BCUT2D eigenvalue weighted by molar-refractivity contribution is -0.108. The van der Waals surface area contributed by atoms with Gasteiger partial charge in [0.05, 0.1) is 0 Å². The molecular weight excluding hydrogens is 176 g/mol. The Kier molecular flexibility index (Phi) is 4.50. The Hall–Kier alpha value is -0.990. The molecular formula is C11H20N2O. The zero-order valence-corrected chi connectivity index (χ0v) is 9.15. The highest BCUT2D eigenvalue weighted by molar-refractivity contribution is 5.49. The van der Waals surface area contributed by atoms with Gasteiger partial charge in [0.2, 0.25) is 0 Å². The van der Waals surface area contributed by atoms with Gasteiger partial charge in [-0.05, 0) is 12.8 Å². The molecule has 0 saturated carbocycles. The van der Waals surface area contributed by atoms with Crippen molar-refractivity contribution in [2.24, 2.45) is 0 Å². The average Bonchev–Trinajstić information content (AvgIpc) is 2.53. The van der Waals surface area contributed by atoms with Crippen molar-refractivity contribution in [2.45, 2.75) is 38.8 Å². The van der Waals surface area contributed by atoms with Gasteiger partial charge in [-0.15, -0.1) is 0 Å². The largest absolute Gasteiger partial charge is 0.359 e. The molecule has 0 aromatic carbocycles. The topological polar surface area (TPSA) is 23.6 Å². The monoisotopic (exact) mass is 196 g/mol. The Morgan fingerprint density at radius 3 is 2.86 bits per heavy atom. The lowest BCUT2D eigenvalue weighted by Gasteiger charge is -2.30. The molecule has 0 amide bonds. The summed E-state index contributed by atoms with van der Waals surface area (Å²) in [6.45, 7) is 3.30. The molecule has 0 saturated heterocycles. The third-order valence-electron chi connectivity index (χ3n) is 2.66. The molecule has 1 atom stereocenters. The Morgan fingerprint density at radius 1 is 1.43 bits per heavy atom. The highest BCUT2D eigenvalue weighted by Gasteiger charge is 2.21. The Bertz CT molecular complexity index is 203. The number of rotatable bonds is 6. The van der Waals surface area contributed by atoms with E-state index in [0.717, 1.165) is 19.3 Å². The second-order valence-electron chi connectivity index (χ2n) is 3.78. The number of hydrogen-bond donors (Lipinski definition) is 0. The Labute approximate surface area is 86.4 Å². The highest BCUT2D eigenvalue weighted by Crippen LogP contribution is 2.18. The zero-order valence-electron chi connectivity index (χ0n) is 9.15. The van der Waals surface area contributed by atoms with E-state index in [4.69, 9.17) is 0 Å². The van der Waals surface area contributed by atoms with Gasteiger partial charge < -0.3 is 14.6 Å². The fourth-order valence-corrected chi connectivity index (χ4v) is 1.77.